The van der Waals surface area contributed by atoms with E-state index in [-0.39, 0.29) is 5.92 Å². The van der Waals surface area contributed by atoms with Crippen LogP contribution in [0.2, 0.25) is 0 Å². The normalized spacial score (nSPS) is 14.8. The van der Waals surface area contributed by atoms with Crippen LogP contribution in [-0.4, -0.2) is 23.5 Å². The van der Waals surface area contributed by atoms with Gasteiger partial charge in [0, 0.05) is 13.5 Å². The summed E-state index contributed by atoms with van der Waals surface area (Å²) in [4.78, 5) is 11.8. The van der Waals surface area contributed by atoms with Gasteiger partial charge in [0.15, 0.2) is 0 Å². The third-order valence-corrected chi connectivity index (χ3v) is 5.92. The summed E-state index contributed by atoms with van der Waals surface area (Å²) in [6.07, 6.45) is 1.57. The maximum Gasteiger partial charge on any atom is 0.361 e. The van der Waals surface area contributed by atoms with Crippen molar-refractivity contribution in [2.24, 2.45) is 11.8 Å². The van der Waals surface area contributed by atoms with E-state index < -0.39 is 25.7 Å². The first-order valence-corrected chi connectivity index (χ1v) is 10.1. The predicted molar refractivity (Wildman–Crippen MR) is 109 cm³/mol. The summed E-state index contributed by atoms with van der Waals surface area (Å²) >= 11 is 0. The van der Waals surface area contributed by atoms with Crippen LogP contribution in [-0.2, 0) is 26.9 Å². The summed E-state index contributed by atoms with van der Waals surface area (Å²) in [5.74, 6) is -1.61. The highest BCUT2D eigenvalue weighted by Gasteiger charge is 2.51. The van der Waals surface area contributed by atoms with Gasteiger partial charge in [0.05, 0.1) is 0 Å². The van der Waals surface area contributed by atoms with Gasteiger partial charge in [0.2, 0.25) is 0 Å². The van der Waals surface area contributed by atoms with Crippen molar-refractivity contribution >= 4 is 14.4 Å². The minimum absolute atomic E-state index is 0.172. The predicted octanol–water partition coefficient (Wildman–Crippen LogP) is 4.93. The molecule has 0 heterocycles. The van der Waals surface area contributed by atoms with Crippen molar-refractivity contribution in [3.63, 3.8) is 0 Å². The van der Waals surface area contributed by atoms with E-state index in [2.05, 4.69) is 12.1 Å². The Morgan fingerprint density at radius 3 is 2.07 bits per heavy atom. The molecule has 5 heteroatoms. The van der Waals surface area contributed by atoms with Crippen molar-refractivity contribution in [1.82, 2.24) is 0 Å². The number of methoxy groups -OCH3 is 1. The molecule has 27 heavy (non-hydrogen) atoms. The van der Waals surface area contributed by atoms with Crippen molar-refractivity contribution in [2.45, 2.75) is 38.5 Å². The van der Waals surface area contributed by atoms with Crippen molar-refractivity contribution in [3.8, 4) is 0 Å². The number of benzene rings is 2. The second-order valence-electron chi connectivity index (χ2n) is 7.37. The molecule has 2 aromatic carbocycles. The molecule has 0 amide bonds. The van der Waals surface area contributed by atoms with Gasteiger partial charge in [-0.05, 0) is 35.4 Å². The van der Waals surface area contributed by atoms with Crippen molar-refractivity contribution in [2.75, 3.05) is 7.11 Å². The van der Waals surface area contributed by atoms with Crippen LogP contribution >= 0.6 is 8.46 Å². The van der Waals surface area contributed by atoms with Gasteiger partial charge in [-0.25, -0.2) is 0 Å². The van der Waals surface area contributed by atoms with Crippen molar-refractivity contribution in [1.29, 1.82) is 0 Å². The van der Waals surface area contributed by atoms with Gasteiger partial charge in [-0.2, -0.15) is 0 Å². The third kappa shape index (κ3) is 5.72. The average Bonchev–Trinajstić information content (AvgIpc) is 2.66. The van der Waals surface area contributed by atoms with E-state index in [9.17, 15) is 14.5 Å². The van der Waals surface area contributed by atoms with Crippen LogP contribution in [0, 0.1) is 11.8 Å². The minimum atomic E-state index is -1.21. The van der Waals surface area contributed by atoms with Crippen LogP contribution in [0.3, 0.4) is 0 Å². The maximum absolute atomic E-state index is 12.1. The summed E-state index contributed by atoms with van der Waals surface area (Å²) in [5.41, 5.74) is 3.34. The highest BCUT2D eigenvalue weighted by atomic mass is 31.1. The molecule has 0 bridgehead atoms. The molecule has 0 fully saturated rings. The number of rotatable bonds is 10. The molecule has 3 atom stereocenters. The van der Waals surface area contributed by atoms with E-state index in [0.717, 1.165) is 12.0 Å². The molecule has 0 aromatic heterocycles. The Morgan fingerprint density at radius 2 is 1.59 bits per heavy atom. The molecule has 0 aliphatic rings. The second kappa shape index (κ2) is 9.77. The quantitative estimate of drug-likeness (QED) is 0.587. The second-order valence-corrected chi connectivity index (χ2v) is 8.42. The Kier molecular flexibility index (Phi) is 7.70. The number of aliphatic carboxylic acids is 1. The summed E-state index contributed by atoms with van der Waals surface area (Å²) in [6, 6.07) is 18.2. The lowest BCUT2D eigenvalue weighted by atomic mass is 9.87. The molecular weight excluding hydrogens is 359 g/mol. The number of carbonyl (C=O) groups is 1. The first-order chi connectivity index (χ1) is 12.9. The topological polar surface area (TPSA) is 63.6 Å². The van der Waals surface area contributed by atoms with E-state index in [0.29, 0.717) is 12.8 Å². The summed E-state index contributed by atoms with van der Waals surface area (Å²) in [7, 11) is 0.589. The lowest BCUT2D eigenvalue weighted by Crippen LogP contribution is -2.42. The van der Waals surface area contributed by atoms with Gasteiger partial charge in [-0.1, -0.05) is 73.0 Å². The van der Waals surface area contributed by atoms with E-state index in [1.54, 1.807) is 0 Å². The van der Waals surface area contributed by atoms with Gasteiger partial charge in [-0.3, -0.25) is 4.79 Å². The summed E-state index contributed by atoms with van der Waals surface area (Å²) < 4.78 is 17.6. The van der Waals surface area contributed by atoms with Gasteiger partial charge < -0.3 is 9.84 Å². The lowest BCUT2D eigenvalue weighted by Gasteiger charge is -2.27. The Bertz CT molecular complexity index is 743. The van der Waals surface area contributed by atoms with E-state index in [1.807, 2.05) is 56.3 Å². The lowest BCUT2D eigenvalue weighted by molar-refractivity contribution is -0.149. The molecule has 0 spiro atoms. The number of carboxylic acids is 1. The number of carboxylic acid groups (broad SMARTS) is 1. The fourth-order valence-electron chi connectivity index (χ4n) is 3.36. The monoisotopic (exact) mass is 387 g/mol. The van der Waals surface area contributed by atoms with Crippen molar-refractivity contribution in [3.05, 3.63) is 71.3 Å². The van der Waals surface area contributed by atoms with Gasteiger partial charge >= 0.3 is 14.4 Å². The molecule has 4 nitrogen and oxygen atoms in total. The first kappa shape index (κ1) is 21.3. The highest BCUT2D eigenvalue weighted by Crippen LogP contribution is 2.40. The SMILES string of the molecule is COC(Cc1ccc(Cc2ccccc2)cc1)([PH+]=O)C(CC(C)C)C(=O)O. The molecule has 0 radical (unpaired) electrons. The zero-order valence-corrected chi connectivity index (χ0v) is 17.1. The van der Waals surface area contributed by atoms with E-state index in [1.165, 1.54) is 18.2 Å². The molecule has 2 aromatic rings. The van der Waals surface area contributed by atoms with Gasteiger partial charge in [-0.15, -0.1) is 0 Å². The summed E-state index contributed by atoms with van der Waals surface area (Å²) in [6.45, 7) is 3.92. The Morgan fingerprint density at radius 1 is 1.04 bits per heavy atom. The van der Waals surface area contributed by atoms with Gasteiger partial charge in [0.1, 0.15) is 5.92 Å². The smallest absolute Gasteiger partial charge is 0.361 e. The van der Waals surface area contributed by atoms with Gasteiger partial charge in [0.25, 0.3) is 5.34 Å². The Hall–Kier alpha value is -2.03. The standard InChI is InChI=1S/C22H27O4P/c1-16(2)13-20(21(23)24)22(26-3,27-25)15-19-11-9-18(10-12-19)14-17-7-5-4-6-8-17/h4-12,16,20H,13-15H2,1-3H3,(H,23,24)/p+1. The fraction of sp³-hybridized carbons (Fsp3) is 0.409. The third-order valence-electron chi connectivity index (χ3n) is 4.85. The van der Waals surface area contributed by atoms with E-state index >= 15 is 0 Å². The van der Waals surface area contributed by atoms with Crippen LogP contribution in [0.25, 0.3) is 0 Å². The molecule has 0 aliphatic carbocycles. The molecule has 3 unspecified atom stereocenters. The Balaban J connectivity index is 2.20. The molecule has 144 valence electrons. The van der Waals surface area contributed by atoms with Crippen molar-refractivity contribution < 1.29 is 19.2 Å². The summed E-state index contributed by atoms with van der Waals surface area (Å²) in [5, 5.41) is 8.48. The number of ether oxygens (including phenoxy) is 1. The number of hydrogen-bond donors (Lipinski definition) is 1. The molecule has 0 aliphatic heterocycles. The zero-order chi connectivity index (χ0) is 19.9. The van der Waals surface area contributed by atoms with Crippen LogP contribution in [0.15, 0.2) is 54.6 Å². The fourth-order valence-corrected chi connectivity index (χ4v) is 4.10. The Labute approximate surface area is 162 Å². The van der Waals surface area contributed by atoms with E-state index in [4.69, 9.17) is 4.74 Å². The molecule has 2 rings (SSSR count). The minimum Gasteiger partial charge on any atom is -0.481 e. The molecule has 1 N–H and O–H groups in total. The number of hydrogen-bond acceptors (Lipinski definition) is 3. The molecule has 0 saturated carbocycles. The average molecular weight is 387 g/mol. The van der Waals surface area contributed by atoms with Crippen LogP contribution in [0.5, 0.6) is 0 Å². The molecular formula is C22H28O4P+. The largest absolute Gasteiger partial charge is 0.481 e. The van der Waals surface area contributed by atoms with Crippen LogP contribution in [0.1, 0.15) is 37.0 Å². The maximum atomic E-state index is 12.1. The first-order valence-electron chi connectivity index (χ1n) is 9.19. The highest BCUT2D eigenvalue weighted by molar-refractivity contribution is 7.25. The zero-order valence-electron chi connectivity index (χ0n) is 16.1. The van der Waals surface area contributed by atoms with Crippen LogP contribution in [0.4, 0.5) is 0 Å². The molecule has 0 saturated heterocycles. The van der Waals surface area contributed by atoms with Crippen LogP contribution < -0.4 is 0 Å².